The number of rotatable bonds is 5. The Labute approximate surface area is 202 Å². The number of aromatic amines is 1. The van der Waals surface area contributed by atoms with Gasteiger partial charge in [-0.3, -0.25) is 14.4 Å². The van der Waals surface area contributed by atoms with Crippen molar-refractivity contribution < 1.29 is 14.4 Å². The number of hydrogen-bond acceptors (Lipinski definition) is 4. The van der Waals surface area contributed by atoms with Crippen LogP contribution in [-0.2, 0) is 9.59 Å². The number of nitrogens with one attached hydrogen (secondary N) is 2. The van der Waals surface area contributed by atoms with E-state index < -0.39 is 23.8 Å². The van der Waals surface area contributed by atoms with Gasteiger partial charge in [0.1, 0.15) is 19.6 Å². The minimum absolute atomic E-state index is 0.107. The molecule has 10 heteroatoms. The maximum Gasteiger partial charge on any atom is 0.270 e. The van der Waals surface area contributed by atoms with Crippen LogP contribution >= 0.6 is 11.6 Å². The van der Waals surface area contributed by atoms with Crippen molar-refractivity contribution in [3.8, 4) is 6.07 Å². The zero-order valence-corrected chi connectivity index (χ0v) is 19.2. The molecule has 1 saturated heterocycles. The van der Waals surface area contributed by atoms with Crippen molar-refractivity contribution in [3.05, 3.63) is 59.2 Å². The van der Waals surface area contributed by atoms with E-state index in [9.17, 15) is 19.6 Å². The predicted octanol–water partition coefficient (Wildman–Crippen LogP) is 2.07. The number of aromatic nitrogens is 1. The number of carbonyl (C=O) groups excluding carboxylic acids is 3. The molecule has 1 aliphatic rings. The molecule has 0 bridgehead atoms. The van der Waals surface area contributed by atoms with E-state index in [2.05, 4.69) is 16.4 Å². The quantitative estimate of drug-likeness (QED) is 0.553. The summed E-state index contributed by atoms with van der Waals surface area (Å²) in [5.41, 5.74) is 1.90. The molecule has 0 spiro atoms. The first-order chi connectivity index (χ1) is 16.3. The second-order valence-corrected chi connectivity index (χ2v) is 8.66. The lowest BCUT2D eigenvalue weighted by Crippen LogP contribution is -2.43. The van der Waals surface area contributed by atoms with Gasteiger partial charge in [0.15, 0.2) is 0 Å². The van der Waals surface area contributed by atoms with Gasteiger partial charge in [-0.2, -0.15) is 5.26 Å². The molecule has 34 heavy (non-hydrogen) atoms. The lowest BCUT2D eigenvalue weighted by atomic mass is 9.92. The maximum atomic E-state index is 13.0. The Balaban J connectivity index is 1.42. The lowest BCUT2D eigenvalue weighted by molar-refractivity contribution is -0.131. The van der Waals surface area contributed by atoms with E-state index in [4.69, 9.17) is 19.4 Å². The fourth-order valence-corrected chi connectivity index (χ4v) is 4.29. The van der Waals surface area contributed by atoms with Crippen molar-refractivity contribution in [2.45, 2.75) is 12.5 Å². The monoisotopic (exact) mass is 473 g/mol. The molecule has 2 N–H and O–H groups in total. The number of fused-ring (bicyclic) bond motifs is 1. The first kappa shape index (κ1) is 23.4. The highest BCUT2D eigenvalue weighted by molar-refractivity contribution is 6.42. The summed E-state index contributed by atoms with van der Waals surface area (Å²) in [7, 11) is 7.46. The van der Waals surface area contributed by atoms with Gasteiger partial charge in [-0.05, 0) is 36.1 Å². The summed E-state index contributed by atoms with van der Waals surface area (Å²) in [6, 6.07) is 15.2. The van der Waals surface area contributed by atoms with Gasteiger partial charge in [0, 0.05) is 19.3 Å². The third-order valence-corrected chi connectivity index (χ3v) is 6.22. The van der Waals surface area contributed by atoms with Crippen LogP contribution in [-0.4, -0.2) is 66.5 Å². The molecule has 3 aromatic rings. The number of anilines is 1. The van der Waals surface area contributed by atoms with Gasteiger partial charge in [0.05, 0.1) is 29.1 Å². The number of carbonyl (C=O) groups is 3. The molecule has 3 amide bonds. The largest absolute Gasteiger partial charge is 0.349 e. The van der Waals surface area contributed by atoms with E-state index >= 15 is 0 Å². The van der Waals surface area contributed by atoms with Crippen LogP contribution < -0.4 is 10.8 Å². The van der Waals surface area contributed by atoms with Gasteiger partial charge >= 0.3 is 0 Å². The third kappa shape index (κ3) is 4.63. The number of benzene rings is 2. The molecule has 170 valence electrons. The molecule has 8 nitrogen and oxygen atoms in total. The molecular weight excluding hydrogens is 453 g/mol. The summed E-state index contributed by atoms with van der Waals surface area (Å²) in [4.78, 5) is 44.1. The fraction of sp³-hybridized carbons (Fsp3) is 0.250. The maximum absolute atomic E-state index is 13.0. The molecule has 2 heterocycles. The Morgan fingerprint density at radius 3 is 2.68 bits per heavy atom. The summed E-state index contributed by atoms with van der Waals surface area (Å²) < 4.78 is 0. The summed E-state index contributed by atoms with van der Waals surface area (Å²) in [6.07, 6.45) is 0.234. The Bertz CT molecular complexity index is 1260. The van der Waals surface area contributed by atoms with Crippen molar-refractivity contribution in [2.75, 3.05) is 25.5 Å². The highest BCUT2D eigenvalue weighted by atomic mass is 35.5. The Morgan fingerprint density at radius 2 is 2.00 bits per heavy atom. The van der Waals surface area contributed by atoms with Crippen molar-refractivity contribution >= 4 is 59.2 Å². The van der Waals surface area contributed by atoms with E-state index in [1.807, 2.05) is 6.07 Å². The molecule has 2 radical (unpaired) electrons. The molecule has 2 aromatic carbocycles. The van der Waals surface area contributed by atoms with E-state index in [1.165, 1.54) is 16.8 Å². The summed E-state index contributed by atoms with van der Waals surface area (Å²) in [5.74, 6) is -1.61. The van der Waals surface area contributed by atoms with Crippen LogP contribution in [0.5, 0.6) is 0 Å². The number of halogens is 1. The second kappa shape index (κ2) is 9.61. The zero-order valence-electron chi connectivity index (χ0n) is 18.4. The molecular formula is C24H21BClN5O3. The van der Waals surface area contributed by atoms with Crippen LogP contribution in [0.4, 0.5) is 5.69 Å². The van der Waals surface area contributed by atoms with Crippen LogP contribution in [0.3, 0.4) is 0 Å². The SMILES string of the molecule is [B]c1ccc(Cl)c2[nH]c(C(=O)N(C)CC(=O)N3CC(C(=O)Nc4ccccc4)CC3C#N)cc12. The average molecular weight is 474 g/mol. The average Bonchev–Trinajstić information content (AvgIpc) is 3.47. The van der Waals surface area contributed by atoms with Crippen molar-refractivity contribution in [1.82, 2.24) is 14.8 Å². The van der Waals surface area contributed by atoms with Gasteiger partial charge in [-0.15, -0.1) is 0 Å². The molecule has 0 aliphatic carbocycles. The van der Waals surface area contributed by atoms with Gasteiger partial charge in [-0.25, -0.2) is 0 Å². The van der Waals surface area contributed by atoms with Crippen LogP contribution in [0.15, 0.2) is 48.5 Å². The first-order valence-electron chi connectivity index (χ1n) is 10.7. The Hall–Kier alpha value is -3.77. The number of likely N-dealkylation sites (N-methyl/N-ethyl adjacent to an activating group) is 1. The van der Waals surface area contributed by atoms with Gasteiger partial charge in [-0.1, -0.05) is 41.3 Å². The molecule has 1 aliphatic heterocycles. The van der Waals surface area contributed by atoms with Crippen LogP contribution in [0, 0.1) is 17.2 Å². The molecule has 1 fully saturated rings. The van der Waals surface area contributed by atoms with E-state index in [0.29, 0.717) is 27.1 Å². The number of likely N-dealkylation sites (tertiary alicyclic amines) is 1. The summed E-state index contributed by atoms with van der Waals surface area (Å²) >= 11 is 6.18. The van der Waals surface area contributed by atoms with E-state index in [0.717, 1.165) is 0 Å². The first-order valence-corrected chi connectivity index (χ1v) is 11.0. The number of nitriles is 1. The van der Waals surface area contributed by atoms with Crippen LogP contribution in [0.25, 0.3) is 10.9 Å². The highest BCUT2D eigenvalue weighted by Gasteiger charge is 2.39. The molecule has 4 rings (SSSR count). The van der Waals surface area contributed by atoms with Gasteiger partial charge in [0.2, 0.25) is 11.8 Å². The number of nitrogens with zero attached hydrogens (tertiary/aromatic N) is 3. The van der Waals surface area contributed by atoms with Crippen molar-refractivity contribution in [1.29, 1.82) is 5.26 Å². The summed E-state index contributed by atoms with van der Waals surface area (Å²) in [6.45, 7) is -0.140. The third-order valence-electron chi connectivity index (χ3n) is 5.91. The minimum Gasteiger partial charge on any atom is -0.349 e. The summed E-state index contributed by atoms with van der Waals surface area (Å²) in [5, 5.41) is 13.4. The topological polar surface area (TPSA) is 109 Å². The van der Waals surface area contributed by atoms with Crippen LogP contribution in [0.2, 0.25) is 5.02 Å². The van der Waals surface area contributed by atoms with Gasteiger partial charge in [0.25, 0.3) is 5.91 Å². The predicted molar refractivity (Wildman–Crippen MR) is 130 cm³/mol. The Morgan fingerprint density at radius 1 is 1.26 bits per heavy atom. The second-order valence-electron chi connectivity index (χ2n) is 8.25. The zero-order chi connectivity index (χ0) is 24.4. The lowest BCUT2D eigenvalue weighted by Gasteiger charge is -2.23. The fourth-order valence-electron chi connectivity index (χ4n) is 4.08. The molecule has 1 aromatic heterocycles. The van der Waals surface area contributed by atoms with E-state index in [1.54, 1.807) is 42.5 Å². The highest BCUT2D eigenvalue weighted by Crippen LogP contribution is 2.25. The number of hydrogen-bond donors (Lipinski definition) is 2. The number of amides is 3. The molecule has 2 atom stereocenters. The Kier molecular flexibility index (Phi) is 6.62. The number of H-pyrrole nitrogens is 1. The normalized spacial score (nSPS) is 17.4. The standard InChI is InChI=1S/C24H21BClN5O3/c1-30(24(34)20-10-17-18(25)7-8-19(26)22(17)29-20)13-21(32)31-12-14(9-16(31)11-27)23(33)28-15-5-3-2-4-6-15/h2-8,10,14,16,29H,9,12-13H2,1H3,(H,28,33). The molecule has 0 saturated carbocycles. The van der Waals surface area contributed by atoms with Crippen molar-refractivity contribution in [2.24, 2.45) is 5.92 Å². The van der Waals surface area contributed by atoms with Gasteiger partial charge < -0.3 is 20.1 Å². The van der Waals surface area contributed by atoms with E-state index in [-0.39, 0.29) is 31.1 Å². The van der Waals surface area contributed by atoms with Crippen molar-refractivity contribution in [3.63, 3.8) is 0 Å². The minimum atomic E-state index is -0.741. The smallest absolute Gasteiger partial charge is 0.270 e. The molecule has 2 unspecified atom stereocenters. The number of para-hydroxylation sites is 1. The van der Waals surface area contributed by atoms with Crippen LogP contribution in [0.1, 0.15) is 16.9 Å².